The summed E-state index contributed by atoms with van der Waals surface area (Å²) >= 11 is 0. The zero-order valence-electron chi connectivity index (χ0n) is 15.0. The summed E-state index contributed by atoms with van der Waals surface area (Å²) in [5.74, 6) is 0.624. The highest BCUT2D eigenvalue weighted by atomic mass is 16.5. The van der Waals surface area contributed by atoms with Crippen LogP contribution in [0.5, 0.6) is 0 Å². The molecule has 3 rings (SSSR count). The van der Waals surface area contributed by atoms with Crippen LogP contribution in [-0.2, 0) is 6.54 Å². The first kappa shape index (κ1) is 18.3. The molecule has 8 heteroatoms. The predicted octanol–water partition coefficient (Wildman–Crippen LogP) is 1.33. The van der Waals surface area contributed by atoms with Gasteiger partial charge in [0.05, 0.1) is 13.2 Å². The van der Waals surface area contributed by atoms with Gasteiger partial charge in [-0.25, -0.2) is 4.79 Å². The average Bonchev–Trinajstić information content (AvgIpc) is 3.13. The Morgan fingerprint density at radius 1 is 1.46 bits per heavy atom. The highest BCUT2D eigenvalue weighted by molar-refractivity contribution is 5.74. The summed E-state index contributed by atoms with van der Waals surface area (Å²) in [6.45, 7) is 3.02. The molecular formula is C18H25N5O3. The van der Waals surface area contributed by atoms with E-state index in [0.29, 0.717) is 24.5 Å². The van der Waals surface area contributed by atoms with Crippen LogP contribution in [0.2, 0.25) is 0 Å². The van der Waals surface area contributed by atoms with Gasteiger partial charge in [0.15, 0.2) is 5.76 Å². The SMILES string of the molecule is CN(Cc1cc(-c2cccnc2)no1)C(=O)NC1CCN(CCO)CC1. The molecule has 1 saturated heterocycles. The molecule has 2 N–H and O–H groups in total. The molecule has 0 radical (unpaired) electrons. The van der Waals surface area contributed by atoms with Crippen molar-refractivity contribution in [2.45, 2.75) is 25.4 Å². The van der Waals surface area contributed by atoms with E-state index in [0.717, 1.165) is 31.5 Å². The van der Waals surface area contributed by atoms with E-state index in [2.05, 4.69) is 20.4 Å². The number of pyridine rings is 1. The highest BCUT2D eigenvalue weighted by Gasteiger charge is 2.22. The molecule has 2 amide bonds. The van der Waals surface area contributed by atoms with Gasteiger partial charge in [-0.2, -0.15) is 0 Å². The van der Waals surface area contributed by atoms with Crippen molar-refractivity contribution < 1.29 is 14.4 Å². The summed E-state index contributed by atoms with van der Waals surface area (Å²) in [5.41, 5.74) is 1.59. The Morgan fingerprint density at radius 2 is 2.27 bits per heavy atom. The van der Waals surface area contributed by atoms with E-state index in [9.17, 15) is 4.79 Å². The molecule has 0 spiro atoms. The molecule has 0 bridgehead atoms. The number of nitrogens with zero attached hydrogens (tertiary/aromatic N) is 4. The zero-order chi connectivity index (χ0) is 18.4. The minimum atomic E-state index is -0.120. The molecule has 0 saturated carbocycles. The normalized spacial score (nSPS) is 15.8. The lowest BCUT2D eigenvalue weighted by atomic mass is 10.1. The number of carbonyl (C=O) groups is 1. The Labute approximate surface area is 152 Å². The van der Waals surface area contributed by atoms with Gasteiger partial charge in [-0.3, -0.25) is 4.98 Å². The Balaban J connectivity index is 1.48. The molecule has 0 atom stereocenters. The van der Waals surface area contributed by atoms with Gasteiger partial charge in [-0.15, -0.1) is 0 Å². The smallest absolute Gasteiger partial charge is 0.317 e. The minimum Gasteiger partial charge on any atom is -0.395 e. The standard InChI is InChI=1S/C18H25N5O3/c1-22(18(25)20-15-4-7-23(8-5-15)9-10-24)13-16-11-17(21-26-16)14-3-2-6-19-12-14/h2-3,6,11-12,15,24H,4-5,7-10,13H2,1H3,(H,20,25). The van der Waals surface area contributed by atoms with Gasteiger partial charge in [0, 0.05) is 56.7 Å². The number of nitrogens with one attached hydrogen (secondary N) is 1. The van der Waals surface area contributed by atoms with E-state index in [1.54, 1.807) is 24.3 Å². The van der Waals surface area contributed by atoms with Crippen LogP contribution in [0.1, 0.15) is 18.6 Å². The Morgan fingerprint density at radius 3 is 2.96 bits per heavy atom. The van der Waals surface area contributed by atoms with Crippen LogP contribution in [0.25, 0.3) is 11.3 Å². The average molecular weight is 359 g/mol. The van der Waals surface area contributed by atoms with E-state index in [1.165, 1.54) is 0 Å². The first-order valence-electron chi connectivity index (χ1n) is 8.86. The Kier molecular flexibility index (Phi) is 6.19. The van der Waals surface area contributed by atoms with E-state index in [1.807, 2.05) is 18.2 Å². The third-order valence-corrected chi connectivity index (χ3v) is 4.59. The van der Waals surface area contributed by atoms with Crippen molar-refractivity contribution in [3.8, 4) is 11.3 Å². The number of aliphatic hydroxyl groups excluding tert-OH is 1. The monoisotopic (exact) mass is 359 g/mol. The highest BCUT2D eigenvalue weighted by Crippen LogP contribution is 2.18. The molecule has 2 aromatic rings. The van der Waals surface area contributed by atoms with Gasteiger partial charge < -0.3 is 24.7 Å². The fraction of sp³-hybridized carbons (Fsp3) is 0.500. The summed E-state index contributed by atoms with van der Waals surface area (Å²) in [4.78, 5) is 20.3. The molecular weight excluding hydrogens is 334 g/mol. The van der Waals surface area contributed by atoms with Crippen molar-refractivity contribution in [1.29, 1.82) is 0 Å². The maximum absolute atomic E-state index is 12.4. The Hall–Kier alpha value is -2.45. The second-order valence-corrected chi connectivity index (χ2v) is 6.57. The number of likely N-dealkylation sites (tertiary alicyclic amines) is 1. The Bertz CT molecular complexity index is 698. The van der Waals surface area contributed by atoms with E-state index < -0.39 is 0 Å². The number of hydrogen-bond donors (Lipinski definition) is 2. The molecule has 1 fully saturated rings. The number of hydrogen-bond acceptors (Lipinski definition) is 6. The maximum atomic E-state index is 12.4. The second kappa shape index (κ2) is 8.77. The molecule has 0 aromatic carbocycles. The molecule has 26 heavy (non-hydrogen) atoms. The molecule has 1 aliphatic rings. The van der Waals surface area contributed by atoms with Crippen molar-refractivity contribution in [3.05, 3.63) is 36.4 Å². The number of rotatable bonds is 6. The predicted molar refractivity (Wildman–Crippen MR) is 96.3 cm³/mol. The summed E-state index contributed by atoms with van der Waals surface area (Å²) in [6, 6.07) is 5.63. The molecule has 0 aliphatic carbocycles. The molecule has 3 heterocycles. The molecule has 0 unspecified atom stereocenters. The number of carbonyl (C=O) groups excluding carboxylic acids is 1. The third-order valence-electron chi connectivity index (χ3n) is 4.59. The fourth-order valence-electron chi connectivity index (χ4n) is 3.07. The number of urea groups is 1. The number of piperidine rings is 1. The quantitative estimate of drug-likeness (QED) is 0.808. The van der Waals surface area contributed by atoms with Crippen LogP contribution in [0.4, 0.5) is 4.79 Å². The van der Waals surface area contributed by atoms with Crippen molar-refractivity contribution in [2.75, 3.05) is 33.3 Å². The van der Waals surface area contributed by atoms with Gasteiger partial charge in [-0.1, -0.05) is 5.16 Å². The minimum absolute atomic E-state index is 0.120. The lowest BCUT2D eigenvalue weighted by Gasteiger charge is -2.32. The topological polar surface area (TPSA) is 94.7 Å². The number of aromatic nitrogens is 2. The van der Waals surface area contributed by atoms with Gasteiger partial charge in [0.2, 0.25) is 0 Å². The van der Waals surface area contributed by atoms with Crippen LogP contribution in [-0.4, -0.2) is 70.4 Å². The van der Waals surface area contributed by atoms with Crippen molar-refractivity contribution in [3.63, 3.8) is 0 Å². The molecule has 2 aromatic heterocycles. The van der Waals surface area contributed by atoms with Crippen molar-refractivity contribution in [1.82, 2.24) is 25.3 Å². The largest absolute Gasteiger partial charge is 0.395 e. The number of amides is 2. The van der Waals surface area contributed by atoms with E-state index in [4.69, 9.17) is 9.63 Å². The summed E-state index contributed by atoms with van der Waals surface area (Å²) in [5, 5.41) is 16.1. The lowest BCUT2D eigenvalue weighted by molar-refractivity contribution is 0.151. The summed E-state index contributed by atoms with van der Waals surface area (Å²) in [7, 11) is 1.74. The zero-order valence-corrected chi connectivity index (χ0v) is 15.0. The molecule has 140 valence electrons. The second-order valence-electron chi connectivity index (χ2n) is 6.57. The third kappa shape index (κ3) is 4.80. The molecule has 1 aliphatic heterocycles. The molecule has 8 nitrogen and oxygen atoms in total. The summed E-state index contributed by atoms with van der Waals surface area (Å²) < 4.78 is 5.34. The van der Waals surface area contributed by atoms with Crippen LogP contribution in [0, 0.1) is 0 Å². The van der Waals surface area contributed by atoms with Crippen LogP contribution < -0.4 is 5.32 Å². The van der Waals surface area contributed by atoms with E-state index in [-0.39, 0.29) is 18.7 Å². The van der Waals surface area contributed by atoms with Crippen LogP contribution in [0.3, 0.4) is 0 Å². The van der Waals surface area contributed by atoms with Crippen molar-refractivity contribution >= 4 is 6.03 Å². The van der Waals surface area contributed by atoms with Crippen molar-refractivity contribution in [2.24, 2.45) is 0 Å². The number of β-amino-alcohol motifs (C(OH)–C–C–N with tert-alkyl or cyclic N) is 1. The lowest BCUT2D eigenvalue weighted by Crippen LogP contribution is -2.48. The van der Waals surface area contributed by atoms with Gasteiger partial charge >= 0.3 is 6.03 Å². The van der Waals surface area contributed by atoms with Gasteiger partial charge in [0.1, 0.15) is 5.69 Å². The fourth-order valence-corrected chi connectivity index (χ4v) is 3.07. The van der Waals surface area contributed by atoms with E-state index >= 15 is 0 Å². The van der Waals surface area contributed by atoms with Crippen LogP contribution >= 0.6 is 0 Å². The first-order chi connectivity index (χ1) is 12.7. The van der Waals surface area contributed by atoms with Gasteiger partial charge in [0.25, 0.3) is 0 Å². The number of aliphatic hydroxyl groups is 1. The van der Waals surface area contributed by atoms with Gasteiger partial charge in [-0.05, 0) is 25.0 Å². The first-order valence-corrected chi connectivity index (χ1v) is 8.86. The summed E-state index contributed by atoms with van der Waals surface area (Å²) in [6.07, 6.45) is 5.22. The van der Waals surface area contributed by atoms with Crippen LogP contribution in [0.15, 0.2) is 35.1 Å². The maximum Gasteiger partial charge on any atom is 0.317 e.